The summed E-state index contributed by atoms with van der Waals surface area (Å²) in [5.41, 5.74) is 3.37. The Bertz CT molecular complexity index is 534. The highest BCUT2D eigenvalue weighted by atomic mass is 15.3. The van der Waals surface area contributed by atoms with Crippen LogP contribution in [0.1, 0.15) is 13.3 Å². The molecule has 19 heavy (non-hydrogen) atoms. The van der Waals surface area contributed by atoms with E-state index in [-0.39, 0.29) is 0 Å². The van der Waals surface area contributed by atoms with Crippen molar-refractivity contribution in [1.82, 2.24) is 19.3 Å². The van der Waals surface area contributed by atoms with Gasteiger partial charge in [-0.1, -0.05) is 0 Å². The molecule has 1 unspecified atom stereocenters. The normalized spacial score (nSPS) is 12.9. The van der Waals surface area contributed by atoms with Crippen LogP contribution in [-0.4, -0.2) is 46.0 Å². The van der Waals surface area contributed by atoms with E-state index in [0.717, 1.165) is 24.4 Å². The molecule has 2 rings (SSSR count). The smallest absolute Gasteiger partial charge is 0.180 e. The molecule has 7 heteroatoms. The molecule has 0 saturated carbocycles. The number of hydrazine groups is 1. The minimum absolute atomic E-state index is 0.309. The first kappa shape index (κ1) is 13.6. The molecule has 2 aromatic rings. The van der Waals surface area contributed by atoms with E-state index in [0.29, 0.717) is 11.9 Å². The average molecular weight is 263 g/mol. The molecule has 0 saturated heterocycles. The van der Waals surface area contributed by atoms with Gasteiger partial charge in [-0.25, -0.2) is 15.8 Å². The molecule has 2 heterocycles. The van der Waals surface area contributed by atoms with Crippen LogP contribution < -0.4 is 16.6 Å². The second-order valence-electron chi connectivity index (χ2n) is 4.91. The molecule has 1 atom stereocenters. The van der Waals surface area contributed by atoms with Crippen LogP contribution in [0, 0.1) is 0 Å². The van der Waals surface area contributed by atoms with E-state index in [1.807, 2.05) is 10.6 Å². The van der Waals surface area contributed by atoms with Gasteiger partial charge in [-0.3, -0.25) is 0 Å². The molecule has 2 aromatic heterocycles. The fourth-order valence-electron chi connectivity index (χ4n) is 1.86. The summed E-state index contributed by atoms with van der Waals surface area (Å²) in [5.74, 6) is 6.77. The molecule has 0 aliphatic rings. The van der Waals surface area contributed by atoms with Crippen molar-refractivity contribution in [1.29, 1.82) is 0 Å². The van der Waals surface area contributed by atoms with E-state index in [9.17, 15) is 0 Å². The maximum absolute atomic E-state index is 5.43. The Balaban J connectivity index is 2.16. The first-order valence-corrected chi connectivity index (χ1v) is 6.31. The summed E-state index contributed by atoms with van der Waals surface area (Å²) in [5, 5.41) is 3.38. The Morgan fingerprint density at radius 2 is 2.26 bits per heavy atom. The zero-order valence-corrected chi connectivity index (χ0v) is 11.6. The highest BCUT2D eigenvalue weighted by molar-refractivity contribution is 5.65. The zero-order valence-electron chi connectivity index (χ0n) is 11.6. The monoisotopic (exact) mass is 263 g/mol. The number of anilines is 2. The van der Waals surface area contributed by atoms with Crippen molar-refractivity contribution in [3.05, 3.63) is 18.6 Å². The van der Waals surface area contributed by atoms with Crippen LogP contribution in [0.2, 0.25) is 0 Å². The maximum Gasteiger partial charge on any atom is 0.180 e. The predicted molar refractivity (Wildman–Crippen MR) is 77.1 cm³/mol. The highest BCUT2D eigenvalue weighted by Crippen LogP contribution is 2.17. The summed E-state index contributed by atoms with van der Waals surface area (Å²) in [6.07, 6.45) is 6.44. The van der Waals surface area contributed by atoms with Crippen molar-refractivity contribution in [2.45, 2.75) is 19.4 Å². The summed E-state index contributed by atoms with van der Waals surface area (Å²) in [6.45, 7) is 3.15. The van der Waals surface area contributed by atoms with Crippen LogP contribution >= 0.6 is 0 Å². The van der Waals surface area contributed by atoms with Gasteiger partial charge < -0.3 is 20.0 Å². The molecule has 0 fully saturated rings. The number of rotatable bonds is 6. The van der Waals surface area contributed by atoms with Crippen LogP contribution in [0.15, 0.2) is 18.6 Å². The number of aromatic nitrogens is 3. The lowest BCUT2D eigenvalue weighted by molar-refractivity contribution is 0.390. The van der Waals surface area contributed by atoms with Crippen molar-refractivity contribution in [3.8, 4) is 0 Å². The van der Waals surface area contributed by atoms with Crippen molar-refractivity contribution in [2.75, 3.05) is 31.4 Å². The minimum atomic E-state index is 0.309. The van der Waals surface area contributed by atoms with Gasteiger partial charge in [0.2, 0.25) is 0 Å². The number of hydrogen-bond acceptors (Lipinski definition) is 6. The lowest BCUT2D eigenvalue weighted by Gasteiger charge is -2.18. The van der Waals surface area contributed by atoms with Crippen molar-refractivity contribution >= 4 is 17.3 Å². The third-order valence-corrected chi connectivity index (χ3v) is 2.91. The number of nitrogens with one attached hydrogen (secondary N) is 2. The SMILES string of the molecule is CC(CCN(C)C)Nc1nc(NN)cn2ccnc12. The van der Waals surface area contributed by atoms with E-state index in [1.54, 1.807) is 12.4 Å². The number of hydrogen-bond donors (Lipinski definition) is 3. The second kappa shape index (κ2) is 5.85. The van der Waals surface area contributed by atoms with Gasteiger partial charge in [-0.15, -0.1) is 0 Å². The fourth-order valence-corrected chi connectivity index (χ4v) is 1.86. The first-order chi connectivity index (χ1) is 9.10. The molecule has 0 aliphatic carbocycles. The summed E-state index contributed by atoms with van der Waals surface area (Å²) < 4.78 is 1.89. The minimum Gasteiger partial charge on any atom is -0.364 e. The molecule has 0 spiro atoms. The Morgan fingerprint density at radius 1 is 1.47 bits per heavy atom. The van der Waals surface area contributed by atoms with E-state index in [2.05, 4.69) is 46.6 Å². The second-order valence-corrected chi connectivity index (χ2v) is 4.91. The van der Waals surface area contributed by atoms with Gasteiger partial charge in [0.1, 0.15) is 0 Å². The number of fused-ring (bicyclic) bond motifs is 1. The van der Waals surface area contributed by atoms with Gasteiger partial charge in [0.25, 0.3) is 0 Å². The number of nitrogens with zero attached hydrogens (tertiary/aromatic N) is 4. The van der Waals surface area contributed by atoms with Crippen LogP contribution in [0.5, 0.6) is 0 Å². The summed E-state index contributed by atoms with van der Waals surface area (Å²) in [7, 11) is 4.13. The van der Waals surface area contributed by atoms with Gasteiger partial charge in [0, 0.05) is 18.4 Å². The van der Waals surface area contributed by atoms with Crippen LogP contribution in [0.25, 0.3) is 5.65 Å². The lowest BCUT2D eigenvalue weighted by atomic mass is 10.2. The van der Waals surface area contributed by atoms with E-state index >= 15 is 0 Å². The number of nitrogens with two attached hydrogens (primary N) is 1. The summed E-state index contributed by atoms with van der Waals surface area (Å²) >= 11 is 0. The van der Waals surface area contributed by atoms with Crippen LogP contribution in [-0.2, 0) is 0 Å². The molecule has 0 radical (unpaired) electrons. The van der Waals surface area contributed by atoms with Gasteiger partial charge >= 0.3 is 0 Å². The molecule has 104 valence electrons. The quantitative estimate of drug-likeness (QED) is 0.527. The van der Waals surface area contributed by atoms with Gasteiger partial charge in [0.05, 0.1) is 6.20 Å². The predicted octanol–water partition coefficient (Wildman–Crippen LogP) is 0.767. The zero-order chi connectivity index (χ0) is 13.8. The molecular formula is C12H21N7. The van der Waals surface area contributed by atoms with Gasteiger partial charge in [-0.05, 0) is 34.0 Å². The third kappa shape index (κ3) is 3.33. The van der Waals surface area contributed by atoms with Crippen molar-refractivity contribution in [3.63, 3.8) is 0 Å². The average Bonchev–Trinajstić information content (AvgIpc) is 2.84. The molecule has 0 amide bonds. The van der Waals surface area contributed by atoms with E-state index in [1.165, 1.54) is 0 Å². The number of nitrogen functional groups attached to an aromatic ring is 1. The fraction of sp³-hybridized carbons (Fsp3) is 0.500. The molecular weight excluding hydrogens is 242 g/mol. The molecule has 7 nitrogen and oxygen atoms in total. The Hall–Kier alpha value is -1.86. The summed E-state index contributed by atoms with van der Waals surface area (Å²) in [4.78, 5) is 10.9. The lowest BCUT2D eigenvalue weighted by Crippen LogP contribution is -2.24. The van der Waals surface area contributed by atoms with Crippen molar-refractivity contribution in [2.24, 2.45) is 5.84 Å². The Kier molecular flexibility index (Phi) is 4.18. The van der Waals surface area contributed by atoms with E-state index < -0.39 is 0 Å². The van der Waals surface area contributed by atoms with Crippen LogP contribution in [0.3, 0.4) is 0 Å². The van der Waals surface area contributed by atoms with Gasteiger partial charge in [0.15, 0.2) is 17.3 Å². The molecule has 0 aromatic carbocycles. The highest BCUT2D eigenvalue weighted by Gasteiger charge is 2.10. The summed E-state index contributed by atoms with van der Waals surface area (Å²) in [6, 6.07) is 0.309. The topological polar surface area (TPSA) is 83.5 Å². The Morgan fingerprint density at radius 3 is 2.95 bits per heavy atom. The van der Waals surface area contributed by atoms with E-state index in [4.69, 9.17) is 5.84 Å². The number of imidazole rings is 1. The molecule has 0 aliphatic heterocycles. The Labute approximate surface area is 112 Å². The molecule has 0 bridgehead atoms. The van der Waals surface area contributed by atoms with Gasteiger partial charge in [-0.2, -0.15) is 0 Å². The third-order valence-electron chi connectivity index (χ3n) is 2.91. The van der Waals surface area contributed by atoms with Crippen LogP contribution in [0.4, 0.5) is 11.6 Å². The standard InChI is InChI=1S/C12H21N7/c1-9(4-6-18(2)3)15-11-12-14-5-7-19(12)8-10(16-11)17-13/h5,7-9,17H,4,6,13H2,1-3H3,(H,15,16). The molecule has 4 N–H and O–H groups in total. The first-order valence-electron chi connectivity index (χ1n) is 6.31. The van der Waals surface area contributed by atoms with Crippen molar-refractivity contribution < 1.29 is 0 Å². The maximum atomic E-state index is 5.43. The largest absolute Gasteiger partial charge is 0.364 e.